The van der Waals surface area contributed by atoms with Crippen molar-refractivity contribution < 1.29 is 4.74 Å². The second-order valence-corrected chi connectivity index (χ2v) is 6.00. The predicted octanol–water partition coefficient (Wildman–Crippen LogP) is 4.71. The Balaban J connectivity index is 2.92. The summed E-state index contributed by atoms with van der Waals surface area (Å²) in [5.41, 5.74) is 3.51. The Morgan fingerprint density at radius 1 is 1.15 bits per heavy atom. The molecule has 20 heavy (non-hydrogen) atoms. The molecule has 3 heteroatoms. The molecule has 0 aromatic heterocycles. The first kappa shape index (κ1) is 17.3. The molecule has 0 spiro atoms. The minimum absolute atomic E-state index is 0.0262. The Morgan fingerprint density at radius 2 is 1.75 bits per heavy atom. The largest absolute Gasteiger partial charge is 0.496 e. The van der Waals surface area contributed by atoms with E-state index < -0.39 is 0 Å². The predicted molar refractivity (Wildman–Crippen MR) is 88.1 cm³/mol. The summed E-state index contributed by atoms with van der Waals surface area (Å²) in [6.45, 7) is 11.7. The van der Waals surface area contributed by atoms with Gasteiger partial charge >= 0.3 is 0 Å². The van der Waals surface area contributed by atoms with Crippen LogP contribution in [0.2, 0.25) is 0 Å². The number of benzene rings is 1. The molecular weight excluding hydrogens is 270 g/mol. The topological polar surface area (TPSA) is 12.5 Å². The highest BCUT2D eigenvalue weighted by Gasteiger charge is 2.18. The maximum Gasteiger partial charge on any atom is 0.126 e. The fourth-order valence-corrected chi connectivity index (χ4v) is 3.11. The standard InChI is InChI=1S/C17H28ClNO/c1-6-8-19(9-7-2)12-16(18)15-11-13(3)10-14(4)17(15)20-5/h10-11,16H,6-9,12H2,1-5H3. The summed E-state index contributed by atoms with van der Waals surface area (Å²) >= 11 is 6.68. The van der Waals surface area contributed by atoms with Crippen molar-refractivity contribution in [2.24, 2.45) is 0 Å². The Hall–Kier alpha value is -0.730. The second-order valence-electron chi connectivity index (χ2n) is 5.47. The monoisotopic (exact) mass is 297 g/mol. The molecule has 0 aliphatic carbocycles. The van der Waals surface area contributed by atoms with Crippen LogP contribution in [0.5, 0.6) is 5.75 Å². The number of methoxy groups -OCH3 is 1. The van der Waals surface area contributed by atoms with Crippen LogP contribution in [0.25, 0.3) is 0 Å². The van der Waals surface area contributed by atoms with Gasteiger partial charge in [0.25, 0.3) is 0 Å². The average Bonchev–Trinajstić information content (AvgIpc) is 2.38. The highest BCUT2D eigenvalue weighted by Crippen LogP contribution is 2.34. The van der Waals surface area contributed by atoms with Crippen LogP contribution in [0.1, 0.15) is 48.8 Å². The smallest absolute Gasteiger partial charge is 0.126 e. The summed E-state index contributed by atoms with van der Waals surface area (Å²) in [6, 6.07) is 4.29. The average molecular weight is 298 g/mol. The van der Waals surface area contributed by atoms with Crippen LogP contribution in [-0.2, 0) is 0 Å². The number of hydrogen-bond acceptors (Lipinski definition) is 2. The number of alkyl halides is 1. The number of nitrogens with zero attached hydrogens (tertiary/aromatic N) is 1. The first-order valence-electron chi connectivity index (χ1n) is 7.55. The van der Waals surface area contributed by atoms with Gasteiger partial charge in [-0.15, -0.1) is 11.6 Å². The van der Waals surface area contributed by atoms with Crippen molar-refractivity contribution in [2.45, 2.75) is 45.9 Å². The van der Waals surface area contributed by atoms with Crippen molar-refractivity contribution in [1.29, 1.82) is 0 Å². The van der Waals surface area contributed by atoms with E-state index in [1.165, 1.54) is 5.56 Å². The highest BCUT2D eigenvalue weighted by molar-refractivity contribution is 6.21. The lowest BCUT2D eigenvalue weighted by molar-refractivity contribution is 0.273. The minimum Gasteiger partial charge on any atom is -0.496 e. The van der Waals surface area contributed by atoms with Crippen molar-refractivity contribution in [3.63, 3.8) is 0 Å². The van der Waals surface area contributed by atoms with Crippen LogP contribution < -0.4 is 4.74 Å². The zero-order chi connectivity index (χ0) is 15.1. The molecule has 0 saturated carbocycles. The molecule has 0 N–H and O–H groups in total. The van der Waals surface area contributed by atoms with E-state index >= 15 is 0 Å². The maximum atomic E-state index is 6.68. The molecule has 1 aromatic rings. The minimum atomic E-state index is -0.0262. The molecule has 0 aliphatic heterocycles. The van der Waals surface area contributed by atoms with Gasteiger partial charge in [-0.2, -0.15) is 0 Å². The van der Waals surface area contributed by atoms with Crippen molar-refractivity contribution >= 4 is 11.6 Å². The van der Waals surface area contributed by atoms with Gasteiger partial charge in [-0.1, -0.05) is 31.5 Å². The van der Waals surface area contributed by atoms with Gasteiger partial charge in [0.2, 0.25) is 0 Å². The first-order chi connectivity index (χ1) is 9.53. The van der Waals surface area contributed by atoms with Crippen LogP contribution in [0.3, 0.4) is 0 Å². The van der Waals surface area contributed by atoms with Gasteiger partial charge in [-0.25, -0.2) is 0 Å². The number of hydrogen-bond donors (Lipinski definition) is 0. The zero-order valence-corrected chi connectivity index (χ0v) is 14.3. The Bertz CT molecular complexity index is 414. The SMILES string of the molecule is CCCN(CCC)CC(Cl)c1cc(C)cc(C)c1OC. The van der Waals surface area contributed by atoms with E-state index in [9.17, 15) is 0 Å². The third-order valence-electron chi connectivity index (χ3n) is 3.49. The van der Waals surface area contributed by atoms with Crippen LogP contribution in [0.15, 0.2) is 12.1 Å². The molecule has 0 heterocycles. The summed E-state index contributed by atoms with van der Waals surface area (Å²) in [6.07, 6.45) is 2.32. The fourth-order valence-electron chi connectivity index (χ4n) is 2.75. The third kappa shape index (κ3) is 4.68. The van der Waals surface area contributed by atoms with E-state index in [2.05, 4.69) is 44.7 Å². The van der Waals surface area contributed by atoms with Gasteiger partial charge in [0, 0.05) is 12.1 Å². The van der Waals surface area contributed by atoms with E-state index in [1.54, 1.807) is 7.11 Å². The summed E-state index contributed by atoms with van der Waals surface area (Å²) in [7, 11) is 1.72. The molecule has 114 valence electrons. The Labute approximate surface area is 129 Å². The van der Waals surface area contributed by atoms with E-state index in [-0.39, 0.29) is 5.38 Å². The van der Waals surface area contributed by atoms with Crippen molar-refractivity contribution in [2.75, 3.05) is 26.7 Å². The number of halogens is 1. The molecular formula is C17H28ClNO. The summed E-state index contributed by atoms with van der Waals surface area (Å²) in [4.78, 5) is 2.44. The van der Waals surface area contributed by atoms with Crippen LogP contribution in [-0.4, -0.2) is 31.6 Å². The molecule has 0 saturated heterocycles. The van der Waals surface area contributed by atoms with E-state index in [4.69, 9.17) is 16.3 Å². The molecule has 0 bridgehead atoms. The molecule has 1 aromatic carbocycles. The normalized spacial score (nSPS) is 12.8. The van der Waals surface area contributed by atoms with Gasteiger partial charge in [-0.05, 0) is 45.3 Å². The highest BCUT2D eigenvalue weighted by atomic mass is 35.5. The molecule has 2 nitrogen and oxygen atoms in total. The maximum absolute atomic E-state index is 6.68. The van der Waals surface area contributed by atoms with E-state index in [1.807, 2.05) is 0 Å². The number of aryl methyl sites for hydroxylation is 2. The van der Waals surface area contributed by atoms with Crippen molar-refractivity contribution in [3.8, 4) is 5.75 Å². The lowest BCUT2D eigenvalue weighted by Crippen LogP contribution is -2.29. The van der Waals surface area contributed by atoms with E-state index in [0.717, 1.165) is 49.4 Å². The van der Waals surface area contributed by atoms with Gasteiger partial charge in [0.15, 0.2) is 0 Å². The lowest BCUT2D eigenvalue weighted by Gasteiger charge is -2.25. The molecule has 1 atom stereocenters. The number of rotatable bonds is 8. The van der Waals surface area contributed by atoms with Crippen LogP contribution in [0.4, 0.5) is 0 Å². The van der Waals surface area contributed by atoms with Gasteiger partial charge in [0.05, 0.1) is 12.5 Å². The molecule has 1 rings (SSSR count). The van der Waals surface area contributed by atoms with Gasteiger partial charge in [-0.3, -0.25) is 0 Å². The molecule has 0 aliphatic rings. The Kier molecular flexibility index (Phi) is 7.39. The zero-order valence-electron chi connectivity index (χ0n) is 13.5. The van der Waals surface area contributed by atoms with Gasteiger partial charge < -0.3 is 9.64 Å². The van der Waals surface area contributed by atoms with Crippen molar-refractivity contribution in [3.05, 3.63) is 28.8 Å². The Morgan fingerprint density at radius 3 is 2.25 bits per heavy atom. The first-order valence-corrected chi connectivity index (χ1v) is 7.98. The van der Waals surface area contributed by atoms with Gasteiger partial charge in [0.1, 0.15) is 5.75 Å². The van der Waals surface area contributed by atoms with E-state index in [0.29, 0.717) is 0 Å². The quantitative estimate of drug-likeness (QED) is 0.644. The molecule has 0 amide bonds. The molecule has 1 unspecified atom stereocenters. The van der Waals surface area contributed by atoms with Crippen LogP contribution >= 0.6 is 11.6 Å². The molecule has 0 fully saturated rings. The molecule has 0 radical (unpaired) electrons. The van der Waals surface area contributed by atoms with Crippen LogP contribution in [0, 0.1) is 13.8 Å². The van der Waals surface area contributed by atoms with Crippen molar-refractivity contribution in [1.82, 2.24) is 4.90 Å². The third-order valence-corrected chi connectivity index (χ3v) is 3.86. The second kappa shape index (κ2) is 8.53. The fraction of sp³-hybridized carbons (Fsp3) is 0.647. The summed E-state index contributed by atoms with van der Waals surface area (Å²) in [5.74, 6) is 0.934. The number of ether oxygens (including phenoxy) is 1. The summed E-state index contributed by atoms with van der Waals surface area (Å²) < 4.78 is 5.55. The summed E-state index contributed by atoms with van der Waals surface area (Å²) in [5, 5.41) is -0.0262. The lowest BCUT2D eigenvalue weighted by atomic mass is 10.0.